The second-order valence-corrected chi connectivity index (χ2v) is 26.4. The Hall–Kier alpha value is -8.44. The SMILES string of the molecule is CC[C@]12O[C@@H](n3cc(C)c(=O)[nH]c3=O)C(NC1=O)[C@H]2O.CC[C@]12O[C@@H](n3cc(C)c(=O)[nH]c3=O)C(NC1=O)[C@H]2OP(OCCC#N)N(C(C)C)C(C)C.COc1ccc(C(Cl)(c2ccccc2)c2ccc(OC)cc2)cc1.Cc1cn([C@@H]2O[C@@]3(CO)C(=O)NC2[C@H]3O)c(=O)[nH]c1=O. The van der Waals surface area contributed by atoms with Crippen LogP contribution in [0, 0.1) is 32.1 Å². The fourth-order valence-corrected chi connectivity index (χ4v) is 14.9. The predicted molar refractivity (Wildman–Crippen MR) is 350 cm³/mol. The topological polar surface area (TPSA) is 404 Å². The Morgan fingerprint density at radius 1 is 0.598 bits per heavy atom. The lowest BCUT2D eigenvalue weighted by molar-refractivity contribution is -0.169. The number of aromatic amines is 3. The summed E-state index contributed by atoms with van der Waals surface area (Å²) in [5.41, 5.74) is -3.85. The van der Waals surface area contributed by atoms with Gasteiger partial charge in [-0.25, -0.2) is 19.1 Å². The Bertz CT molecular complexity index is 4120. The molecule has 6 aromatic rings. The van der Waals surface area contributed by atoms with Crippen molar-refractivity contribution in [3.8, 4) is 17.6 Å². The molecule has 0 aliphatic carbocycles. The zero-order chi connectivity index (χ0) is 70.8. The highest BCUT2D eigenvalue weighted by atomic mass is 35.5. The Kier molecular flexibility index (Phi) is 22.0. The molecular weight excluding hydrogens is 1310 g/mol. The molecule has 13 atom stereocenters. The highest BCUT2D eigenvalue weighted by Crippen LogP contribution is 2.55. The Labute approximate surface area is 561 Å². The van der Waals surface area contributed by atoms with Crippen LogP contribution < -0.4 is 59.2 Å². The molecule has 0 spiro atoms. The average molecular weight is 1380 g/mol. The molecule has 0 radical (unpaired) electrons. The van der Waals surface area contributed by atoms with Crippen LogP contribution in [0.1, 0.15) is 113 Å². The van der Waals surface area contributed by atoms with Crippen LogP contribution in [0.5, 0.6) is 11.5 Å². The number of rotatable bonds is 19. The predicted octanol–water partition coefficient (Wildman–Crippen LogP) is 2.26. The summed E-state index contributed by atoms with van der Waals surface area (Å²) in [5, 5.41) is 46.6. The minimum Gasteiger partial charge on any atom is -0.497 e. The number of nitrogens with one attached hydrogen (secondary N) is 6. The number of aromatic nitrogens is 6. The summed E-state index contributed by atoms with van der Waals surface area (Å²) >= 11 is 7.22. The van der Waals surface area contributed by atoms with Gasteiger partial charge in [0.2, 0.25) is 0 Å². The third kappa shape index (κ3) is 13.4. The van der Waals surface area contributed by atoms with Crippen molar-refractivity contribution in [1.29, 1.82) is 5.26 Å². The van der Waals surface area contributed by atoms with Crippen molar-refractivity contribution in [1.82, 2.24) is 49.3 Å². The number of nitrogens with zero attached hydrogens (tertiary/aromatic N) is 5. The number of fused-ring (bicyclic) bond motifs is 6. The molecule has 0 saturated carbocycles. The molecule has 32 heteroatoms. The number of H-pyrrole nitrogens is 3. The molecule has 97 heavy (non-hydrogen) atoms. The van der Waals surface area contributed by atoms with Gasteiger partial charge < -0.3 is 64.0 Å². The normalized spacial score (nSPS) is 26.6. The lowest BCUT2D eigenvalue weighted by Gasteiger charge is -2.38. The molecule has 520 valence electrons. The quantitative estimate of drug-likeness (QED) is 0.0243. The van der Waals surface area contributed by atoms with E-state index in [9.17, 15) is 58.5 Å². The minimum atomic E-state index is -1.77. The Morgan fingerprint density at radius 2 is 0.969 bits per heavy atom. The third-order valence-corrected chi connectivity index (χ3v) is 20.7. The van der Waals surface area contributed by atoms with Crippen LogP contribution in [0.15, 0.2) is 126 Å². The summed E-state index contributed by atoms with van der Waals surface area (Å²) in [5.74, 6) is 0.310. The maximum Gasteiger partial charge on any atom is 0.330 e. The first kappa shape index (κ1) is 72.8. The lowest BCUT2D eigenvalue weighted by Crippen LogP contribution is -2.52. The number of carbonyl (C=O) groups is 3. The van der Waals surface area contributed by atoms with Gasteiger partial charge in [-0.05, 0) is 102 Å². The molecule has 3 amide bonds. The number of aliphatic hydroxyl groups is 3. The fourth-order valence-electron chi connectivity index (χ4n) is 12.7. The first-order valence-electron chi connectivity index (χ1n) is 31.2. The Balaban J connectivity index is 0.000000155. The standard InChI is InChI=1S/C21H19ClO2.C21H32N5O6P.C12H15N3O5.C11H13N3O6/c1-23-19-12-8-17(9-13-19)21(22,16-6-4-3-5-7-16)18-10-14-20(24-2)15-11-18;1-7-21-16(32-33(30-10-8-9-22)26(12(2)3)13(4)5)15(23-19(21)28)18(31-21)25-11-14(6)17(27)24-20(25)29;1-3-12-7(16)6(13-10(12)18)9(20-12)15-4-5(2)8(17)14-11(15)19;1-4-2-14(10(19)13-7(4)17)8-5-6(16)11(3-15,20-8)9(18)12-5/h3-15H,1-2H3;11-13,15-16,18H,7-8,10H2,1-6H3,(H,23,28)(H,24,27,29);4,6-7,9,16H,3H2,1-2H3,(H,13,18)(H,14,17,19);2,5-6,8,15-16H,3H2,1H3,(H,12,18)(H,13,17,19)/t;15?,16-,18-,21-,33?;6?,7-,9-,12-;5?,6-,8-,11-/m.111/s1. The van der Waals surface area contributed by atoms with E-state index >= 15 is 0 Å². The zero-order valence-corrected chi connectivity index (χ0v) is 56.7. The number of hydrogen-bond donors (Lipinski definition) is 9. The summed E-state index contributed by atoms with van der Waals surface area (Å²) in [6, 6.07) is 25.8. The molecule has 6 saturated heterocycles. The molecule has 4 unspecified atom stereocenters. The van der Waals surface area contributed by atoms with E-state index in [0.29, 0.717) is 24.0 Å². The molecule has 6 aliphatic rings. The highest BCUT2D eigenvalue weighted by molar-refractivity contribution is 7.44. The number of alkyl halides is 1. The number of benzene rings is 3. The van der Waals surface area contributed by atoms with E-state index in [1.165, 1.54) is 34.6 Å². The number of halogens is 1. The molecule has 6 fully saturated rings. The molecule has 9 N–H and O–H groups in total. The second-order valence-electron chi connectivity index (χ2n) is 24.4. The van der Waals surface area contributed by atoms with Crippen LogP contribution >= 0.6 is 20.1 Å². The molecule has 30 nitrogen and oxygen atoms in total. The van der Waals surface area contributed by atoms with Crippen LogP contribution in [-0.2, 0) is 42.5 Å². The maximum absolute atomic E-state index is 12.9. The zero-order valence-electron chi connectivity index (χ0n) is 55.1. The van der Waals surface area contributed by atoms with Gasteiger partial charge in [-0.15, -0.1) is 11.6 Å². The molecule has 3 aromatic carbocycles. The molecular formula is C65H79ClN11O19P. The van der Waals surface area contributed by atoms with Gasteiger partial charge in [0.05, 0.1) is 39.9 Å². The van der Waals surface area contributed by atoms with Crippen molar-refractivity contribution in [2.45, 2.75) is 170 Å². The first-order valence-corrected chi connectivity index (χ1v) is 32.8. The Morgan fingerprint density at radius 3 is 1.35 bits per heavy atom. The van der Waals surface area contributed by atoms with Crippen LogP contribution in [0.25, 0.3) is 0 Å². The second kappa shape index (κ2) is 29.3. The number of hydrogen-bond acceptors (Lipinski definition) is 21. The number of morpholine rings is 3. The third-order valence-electron chi connectivity index (χ3n) is 17.9. The monoisotopic (exact) mass is 1380 g/mol. The first-order chi connectivity index (χ1) is 46.1. The minimum absolute atomic E-state index is 0.0830. The van der Waals surface area contributed by atoms with Crippen molar-refractivity contribution in [3.05, 3.63) is 193 Å². The van der Waals surface area contributed by atoms with Gasteiger partial charge in [0.25, 0.3) is 42.9 Å². The number of ether oxygens (including phenoxy) is 5. The number of methoxy groups -OCH3 is 2. The van der Waals surface area contributed by atoms with Gasteiger partial charge in [0.1, 0.15) is 52.8 Å². The largest absolute Gasteiger partial charge is 0.497 e. The number of nitriles is 1. The van der Waals surface area contributed by atoms with Crippen LogP contribution in [0.4, 0.5) is 0 Å². The van der Waals surface area contributed by atoms with Gasteiger partial charge in [-0.1, -0.05) is 68.4 Å². The smallest absolute Gasteiger partial charge is 0.330 e. The van der Waals surface area contributed by atoms with Crippen LogP contribution in [-0.4, -0.2) is 159 Å². The van der Waals surface area contributed by atoms with Crippen molar-refractivity contribution in [3.63, 3.8) is 0 Å². The number of aryl methyl sites for hydroxylation is 3. The molecule has 3 aromatic heterocycles. The summed E-state index contributed by atoms with van der Waals surface area (Å²) in [7, 11) is 1.68. The van der Waals surface area contributed by atoms with Gasteiger partial charge >= 0.3 is 17.1 Å². The van der Waals surface area contributed by atoms with Crippen molar-refractivity contribution in [2.24, 2.45) is 0 Å². The molecule has 12 rings (SSSR count). The van der Waals surface area contributed by atoms with Crippen molar-refractivity contribution in [2.75, 3.05) is 27.4 Å². The van der Waals surface area contributed by atoms with E-state index < -0.39 is 132 Å². The average Bonchev–Trinajstić information content (AvgIpc) is 1.49. The molecule has 9 heterocycles. The summed E-state index contributed by atoms with van der Waals surface area (Å²) < 4.78 is 46.0. The van der Waals surface area contributed by atoms with E-state index in [2.05, 4.69) is 41.6 Å². The lowest BCUT2D eigenvalue weighted by atomic mass is 9.84. The fraction of sp³-hybridized carbons (Fsp3) is 0.477. The van der Waals surface area contributed by atoms with Crippen LogP contribution in [0.3, 0.4) is 0 Å². The summed E-state index contributed by atoms with van der Waals surface area (Å²) in [6.07, 6.45) is -0.780. The van der Waals surface area contributed by atoms with E-state index in [4.69, 9.17) is 49.6 Å². The number of carbonyl (C=O) groups excluding carboxylic acids is 3. The van der Waals surface area contributed by atoms with Crippen molar-refractivity contribution >= 4 is 37.8 Å². The van der Waals surface area contributed by atoms with Crippen molar-refractivity contribution < 1.29 is 62.4 Å². The van der Waals surface area contributed by atoms with Gasteiger partial charge in [-0.3, -0.25) is 57.4 Å². The molecule has 6 bridgehead atoms. The van der Waals surface area contributed by atoms with E-state index in [0.717, 1.165) is 32.8 Å². The number of aliphatic hydroxyl groups excluding tert-OH is 3. The van der Waals surface area contributed by atoms with E-state index in [1.54, 1.807) is 35.0 Å². The number of amides is 3. The van der Waals surface area contributed by atoms with Gasteiger partial charge in [0, 0.05) is 47.4 Å². The van der Waals surface area contributed by atoms with Gasteiger partial charge in [0.15, 0.2) is 35.5 Å². The van der Waals surface area contributed by atoms with Crippen LogP contribution in [0.2, 0.25) is 0 Å². The maximum atomic E-state index is 12.9. The summed E-state index contributed by atoms with van der Waals surface area (Å²) in [4.78, 5) is 113. The molecule has 6 aliphatic heterocycles. The highest BCUT2D eigenvalue weighted by Gasteiger charge is 2.69. The summed E-state index contributed by atoms with van der Waals surface area (Å²) in [6.45, 7) is 15.8. The van der Waals surface area contributed by atoms with E-state index in [-0.39, 0.29) is 42.5 Å². The van der Waals surface area contributed by atoms with E-state index in [1.807, 2.05) is 113 Å². The van der Waals surface area contributed by atoms with Gasteiger partial charge in [-0.2, -0.15) is 5.26 Å².